The van der Waals surface area contributed by atoms with Gasteiger partial charge in [-0.3, -0.25) is 0 Å². The molecule has 0 aliphatic carbocycles. The highest BCUT2D eigenvalue weighted by atomic mass is 31.2. The maximum atomic E-state index is 8.88. The van der Waals surface area contributed by atoms with Crippen molar-refractivity contribution in [2.75, 3.05) is 21.1 Å². The average Bonchev–Trinajstić information content (AvgIpc) is 2.08. The molecule has 0 aromatic carbocycles. The Morgan fingerprint density at radius 2 is 0.294 bits per heavy atom. The van der Waals surface area contributed by atoms with Crippen molar-refractivity contribution in [3.63, 3.8) is 0 Å². The van der Waals surface area contributed by atoms with Crippen LogP contribution < -0.4 is 0 Å². The van der Waals surface area contributed by atoms with Gasteiger partial charge in [-0.1, -0.05) is 0 Å². The number of hydrogen-bond donors (Lipinski definition) is 18. The molecule has 0 saturated heterocycles. The monoisotopic (exact) mass is 647 g/mol. The molecule has 218 valence electrons. The van der Waals surface area contributed by atoms with Crippen molar-refractivity contribution in [3.05, 3.63) is 0 Å². The normalized spacial score (nSPS) is 11.5. The summed E-state index contributed by atoms with van der Waals surface area (Å²) in [5.41, 5.74) is 0. The van der Waals surface area contributed by atoms with E-state index in [4.69, 9.17) is 115 Å². The van der Waals surface area contributed by atoms with E-state index in [9.17, 15) is 0 Å². The number of hydrogen-bond acceptors (Lipinski definition) is 7. The first-order valence-corrected chi connectivity index (χ1v) is 15.4. The molecule has 0 unspecified atom stereocenters. The van der Waals surface area contributed by atoms with Crippen molar-refractivity contribution < 1.29 is 115 Å². The molecule has 0 amide bonds. The predicted octanol–water partition coefficient (Wildman–Crippen LogP) is -5.39. The maximum absolute atomic E-state index is 8.88. The molecule has 0 bridgehead atoms. The van der Waals surface area contributed by atoms with Crippen LogP contribution in [0, 0.1) is 0 Å². The summed E-state index contributed by atoms with van der Waals surface area (Å²) in [6, 6.07) is 0. The SMILES string of the molecule is CN(C)C.O=P(O)(O)O.O=P(O)(O)O.O=P(O)(O)O.O=P(O)(O)O.O=P(O)(O)O.O=P(O)(O)O. The fourth-order valence-corrected chi connectivity index (χ4v) is 0. The van der Waals surface area contributed by atoms with E-state index in [1.807, 2.05) is 26.0 Å². The summed E-state index contributed by atoms with van der Waals surface area (Å²) in [5, 5.41) is 0. The van der Waals surface area contributed by atoms with E-state index in [-0.39, 0.29) is 0 Å². The highest BCUT2D eigenvalue weighted by Gasteiger charge is 2.02. The predicted molar refractivity (Wildman–Crippen MR) is 105 cm³/mol. The minimum Gasteiger partial charge on any atom is -0.312 e. The van der Waals surface area contributed by atoms with Crippen LogP contribution in [0.1, 0.15) is 0 Å². The van der Waals surface area contributed by atoms with Crippen molar-refractivity contribution in [1.29, 1.82) is 0 Å². The second-order valence-electron chi connectivity index (χ2n) is 4.42. The van der Waals surface area contributed by atoms with E-state index in [2.05, 4.69) is 0 Å². The zero-order valence-electron chi connectivity index (χ0n) is 16.6. The van der Waals surface area contributed by atoms with E-state index in [1.54, 1.807) is 0 Å². The zero-order chi connectivity index (χ0) is 30.6. The van der Waals surface area contributed by atoms with E-state index in [0.29, 0.717) is 0 Å². The fraction of sp³-hybridized carbons (Fsp3) is 1.00. The van der Waals surface area contributed by atoms with Crippen LogP contribution >= 0.6 is 46.9 Å². The highest BCUT2D eigenvalue weighted by molar-refractivity contribution is 7.46. The lowest BCUT2D eigenvalue weighted by atomic mass is 11.0. The second-order valence-corrected chi connectivity index (χ2v) is 10.6. The third kappa shape index (κ3) is 84800. The fourth-order valence-electron chi connectivity index (χ4n) is 0. The van der Waals surface area contributed by atoms with Crippen LogP contribution in [-0.2, 0) is 27.4 Å². The third-order valence-corrected chi connectivity index (χ3v) is 0. The van der Waals surface area contributed by atoms with Crippen molar-refractivity contribution in [2.45, 2.75) is 0 Å². The smallest absolute Gasteiger partial charge is 0.312 e. The number of rotatable bonds is 0. The Bertz CT molecular complexity index is 514. The van der Waals surface area contributed by atoms with E-state index < -0.39 is 46.9 Å². The molecule has 0 aliphatic heterocycles. The summed E-state index contributed by atoms with van der Waals surface area (Å²) < 4.78 is 53.3. The molecule has 0 spiro atoms. The lowest BCUT2D eigenvalue weighted by molar-refractivity contribution is 0.272. The molecular weight excluding hydrogens is 620 g/mol. The van der Waals surface area contributed by atoms with E-state index in [0.717, 1.165) is 0 Å². The minimum atomic E-state index is -4.64. The molecule has 34 heavy (non-hydrogen) atoms. The van der Waals surface area contributed by atoms with Gasteiger partial charge in [0.2, 0.25) is 0 Å². The Balaban J connectivity index is -0.0000000501. The molecule has 0 heterocycles. The first-order valence-electron chi connectivity index (χ1n) is 6.04. The van der Waals surface area contributed by atoms with Crippen molar-refractivity contribution in [3.8, 4) is 0 Å². The zero-order valence-corrected chi connectivity index (χ0v) is 22.0. The van der Waals surface area contributed by atoms with Crippen LogP contribution in [0.5, 0.6) is 0 Å². The van der Waals surface area contributed by atoms with Crippen molar-refractivity contribution in [1.82, 2.24) is 4.90 Å². The van der Waals surface area contributed by atoms with Gasteiger partial charge in [-0.25, -0.2) is 27.4 Å². The van der Waals surface area contributed by atoms with Gasteiger partial charge in [0.1, 0.15) is 0 Å². The second kappa shape index (κ2) is 22.8. The van der Waals surface area contributed by atoms with Gasteiger partial charge in [0.05, 0.1) is 0 Å². The van der Waals surface area contributed by atoms with Crippen molar-refractivity contribution in [2.24, 2.45) is 0 Å². The third-order valence-electron chi connectivity index (χ3n) is 0. The molecular formula is C3H27NO24P6. The molecule has 0 aliphatic rings. The maximum Gasteiger partial charge on any atom is 0.466 e. The van der Waals surface area contributed by atoms with Gasteiger partial charge in [0, 0.05) is 0 Å². The average molecular weight is 647 g/mol. The summed E-state index contributed by atoms with van der Waals surface area (Å²) in [5.74, 6) is 0. The Hall–Kier alpha value is 0.620. The van der Waals surface area contributed by atoms with Gasteiger partial charge in [0.25, 0.3) is 0 Å². The molecule has 31 heteroatoms. The Morgan fingerprint density at radius 3 is 0.294 bits per heavy atom. The minimum absolute atomic E-state index is 2.00. The lowest BCUT2D eigenvalue weighted by Crippen LogP contribution is -1.99. The van der Waals surface area contributed by atoms with Crippen molar-refractivity contribution >= 4 is 46.9 Å². The van der Waals surface area contributed by atoms with Gasteiger partial charge in [-0.15, -0.1) is 0 Å². The summed E-state index contributed by atoms with van der Waals surface area (Å²) in [6.45, 7) is 0. The highest BCUT2D eigenvalue weighted by Crippen LogP contribution is 2.27. The first-order chi connectivity index (χ1) is 13.7. The van der Waals surface area contributed by atoms with Gasteiger partial charge >= 0.3 is 46.9 Å². The topological polar surface area (TPSA) is 470 Å². The molecule has 0 radical (unpaired) electrons. The Kier molecular flexibility index (Phi) is 34.4. The van der Waals surface area contributed by atoms with E-state index in [1.165, 1.54) is 0 Å². The van der Waals surface area contributed by atoms with Crippen LogP contribution in [0.2, 0.25) is 0 Å². The molecule has 0 atom stereocenters. The lowest BCUT2D eigenvalue weighted by Gasteiger charge is -1.90. The van der Waals surface area contributed by atoms with Crippen LogP contribution in [0.25, 0.3) is 0 Å². The van der Waals surface area contributed by atoms with Crippen LogP contribution in [-0.4, -0.2) is 114 Å². The first kappa shape index (κ1) is 51.3. The molecule has 25 nitrogen and oxygen atoms in total. The number of nitrogens with zero attached hydrogens (tertiary/aromatic N) is 1. The van der Waals surface area contributed by atoms with Crippen LogP contribution in [0.4, 0.5) is 0 Å². The molecule has 0 aromatic heterocycles. The summed E-state index contributed by atoms with van der Waals surface area (Å²) in [4.78, 5) is 131. The van der Waals surface area contributed by atoms with Crippen LogP contribution in [0.15, 0.2) is 0 Å². The molecule has 0 rings (SSSR count). The Morgan fingerprint density at radius 1 is 0.294 bits per heavy atom. The van der Waals surface area contributed by atoms with Gasteiger partial charge in [-0.2, -0.15) is 0 Å². The summed E-state index contributed by atoms with van der Waals surface area (Å²) in [7, 11) is -21.8. The standard InChI is InChI=1S/C3H9N.6H3O4P/c1-4(2)3;6*1-5(2,3)4/h1-3H3;6*(H3,1,2,3,4). The largest absolute Gasteiger partial charge is 0.466 e. The van der Waals surface area contributed by atoms with E-state index >= 15 is 0 Å². The van der Waals surface area contributed by atoms with Gasteiger partial charge in [0.15, 0.2) is 0 Å². The Labute approximate surface area is 189 Å². The molecule has 18 N–H and O–H groups in total. The van der Waals surface area contributed by atoms with Gasteiger partial charge < -0.3 is 93.0 Å². The summed E-state index contributed by atoms with van der Waals surface area (Å²) >= 11 is 0. The number of phosphoric acid groups is 6. The summed E-state index contributed by atoms with van der Waals surface area (Å²) in [6.07, 6.45) is 0. The molecule has 0 aromatic rings. The van der Waals surface area contributed by atoms with Crippen LogP contribution in [0.3, 0.4) is 0 Å². The molecule has 0 saturated carbocycles. The molecule has 0 fully saturated rings. The van der Waals surface area contributed by atoms with Gasteiger partial charge in [-0.05, 0) is 21.1 Å². The quantitative estimate of drug-likeness (QED) is 0.109.